The van der Waals surface area contributed by atoms with E-state index in [1.807, 2.05) is 6.07 Å². The lowest BCUT2D eigenvalue weighted by Crippen LogP contribution is -2.39. The van der Waals surface area contributed by atoms with Gasteiger partial charge in [0.1, 0.15) is 23.2 Å². The van der Waals surface area contributed by atoms with Crippen molar-refractivity contribution >= 4 is 28.5 Å². The van der Waals surface area contributed by atoms with E-state index in [4.69, 9.17) is 4.74 Å². The van der Waals surface area contributed by atoms with Crippen LogP contribution in [0.1, 0.15) is 0 Å². The Bertz CT molecular complexity index is 905. The van der Waals surface area contributed by atoms with Crippen LogP contribution in [0.25, 0.3) is 0 Å². The van der Waals surface area contributed by atoms with E-state index in [1.165, 1.54) is 21.2 Å². The van der Waals surface area contributed by atoms with Crippen LogP contribution in [-0.4, -0.2) is 12.6 Å². The minimum atomic E-state index is -2.08. The number of methoxy groups -OCH3 is 1. The highest BCUT2D eigenvalue weighted by atomic mass is 31.2. The molecule has 0 saturated heterocycles. The molecule has 0 spiro atoms. The molecule has 0 atom stereocenters. The monoisotopic (exact) mass is 386 g/mol. The Morgan fingerprint density at radius 2 is 0.857 bits per heavy atom. The van der Waals surface area contributed by atoms with Gasteiger partial charge < -0.3 is 10.2 Å². The summed E-state index contributed by atoms with van der Waals surface area (Å²) in [5.74, 6) is 0.933. The van der Waals surface area contributed by atoms with Crippen molar-refractivity contribution in [2.24, 2.45) is 0 Å². The van der Waals surface area contributed by atoms with Gasteiger partial charge in [0.15, 0.2) is 11.1 Å². The molecule has 28 heavy (non-hydrogen) atoms. The first-order valence-corrected chi connectivity index (χ1v) is 10.9. The summed E-state index contributed by atoms with van der Waals surface area (Å²) in [6, 6.07) is 41.0. The number of hydrogen-bond donors (Lipinski definition) is 0. The van der Waals surface area contributed by atoms with Crippen molar-refractivity contribution in [1.82, 2.24) is 0 Å². The van der Waals surface area contributed by atoms with Crippen LogP contribution >= 0.6 is 7.26 Å². The van der Waals surface area contributed by atoms with E-state index in [-0.39, 0.29) is 5.48 Å². The molecule has 0 aliphatic heterocycles. The van der Waals surface area contributed by atoms with Crippen LogP contribution in [0.3, 0.4) is 0 Å². The van der Waals surface area contributed by atoms with Crippen LogP contribution in [0.15, 0.2) is 115 Å². The summed E-state index contributed by atoms with van der Waals surface area (Å²) in [7, 11) is -0.326. The van der Waals surface area contributed by atoms with E-state index in [1.54, 1.807) is 7.11 Å². The van der Waals surface area contributed by atoms with Crippen molar-refractivity contribution in [1.29, 1.82) is 0 Å². The number of hydrogen-bond acceptors (Lipinski definition) is 2. The van der Waals surface area contributed by atoms with Crippen molar-refractivity contribution in [3.8, 4) is 5.75 Å². The summed E-state index contributed by atoms with van der Waals surface area (Å²) in [5.41, 5.74) is 0. The largest absolute Gasteiger partial charge is 0.870 e. The predicted molar refractivity (Wildman–Crippen MR) is 120 cm³/mol. The van der Waals surface area contributed by atoms with Gasteiger partial charge in [-0.15, -0.1) is 0 Å². The molecular formula is C25H23O2P. The van der Waals surface area contributed by atoms with Crippen LogP contribution in [-0.2, 0) is 0 Å². The normalized spacial score (nSPS) is 10.8. The first kappa shape index (κ1) is 19.8. The molecule has 4 aromatic rings. The predicted octanol–water partition coefficient (Wildman–Crippen LogP) is 4.14. The second-order valence-electron chi connectivity index (χ2n) is 6.35. The lowest BCUT2D eigenvalue weighted by atomic mass is 10.3. The van der Waals surface area contributed by atoms with Gasteiger partial charge in [-0.1, -0.05) is 66.7 Å². The molecule has 0 fully saturated rings. The highest BCUT2D eigenvalue weighted by Crippen LogP contribution is 2.55. The third-order valence-electron chi connectivity index (χ3n) is 4.88. The summed E-state index contributed by atoms with van der Waals surface area (Å²) < 4.78 is 5.84. The van der Waals surface area contributed by atoms with Gasteiger partial charge in [0.05, 0.1) is 7.11 Å². The third kappa shape index (κ3) is 3.33. The highest BCUT2D eigenvalue weighted by molar-refractivity contribution is 8.01. The summed E-state index contributed by atoms with van der Waals surface area (Å²) >= 11 is 0. The maximum Gasteiger partial charge on any atom is 0.162 e. The minimum absolute atomic E-state index is 0. The molecule has 0 radical (unpaired) electrons. The van der Waals surface area contributed by atoms with Crippen molar-refractivity contribution in [2.45, 2.75) is 0 Å². The summed E-state index contributed by atoms with van der Waals surface area (Å²) in [4.78, 5) is 0. The van der Waals surface area contributed by atoms with E-state index in [0.717, 1.165) is 5.75 Å². The topological polar surface area (TPSA) is 39.2 Å². The fourth-order valence-corrected chi connectivity index (χ4v) is 8.12. The Kier molecular flexibility index (Phi) is 6.26. The Labute approximate surface area is 167 Å². The fraction of sp³-hybridized carbons (Fsp3) is 0.0400. The molecule has 1 N–H and O–H groups in total. The van der Waals surface area contributed by atoms with Gasteiger partial charge in [-0.05, 0) is 48.5 Å². The molecule has 3 heteroatoms. The van der Waals surface area contributed by atoms with Crippen LogP contribution < -0.4 is 26.0 Å². The summed E-state index contributed by atoms with van der Waals surface area (Å²) in [5, 5.41) is 5.22. The third-order valence-corrected chi connectivity index (χ3v) is 9.19. The lowest BCUT2D eigenvalue weighted by molar-refractivity contribution is 0.418. The minimum Gasteiger partial charge on any atom is -0.870 e. The number of rotatable bonds is 5. The highest BCUT2D eigenvalue weighted by Gasteiger charge is 2.49. The average molecular weight is 386 g/mol. The van der Waals surface area contributed by atoms with Gasteiger partial charge in [0, 0.05) is 0 Å². The first-order valence-electron chi connectivity index (χ1n) is 9.07. The number of benzene rings is 4. The molecule has 0 unspecified atom stereocenters. The number of para-hydroxylation sites is 1. The van der Waals surface area contributed by atoms with E-state index in [2.05, 4.69) is 109 Å². The van der Waals surface area contributed by atoms with Crippen LogP contribution in [0.5, 0.6) is 5.75 Å². The molecule has 0 heterocycles. The lowest BCUT2D eigenvalue weighted by Gasteiger charge is -2.28. The molecule has 4 rings (SSSR count). The second kappa shape index (κ2) is 8.84. The molecular weight excluding hydrogens is 363 g/mol. The van der Waals surface area contributed by atoms with Gasteiger partial charge in [-0.2, -0.15) is 0 Å². The van der Waals surface area contributed by atoms with Crippen molar-refractivity contribution < 1.29 is 10.2 Å². The Hall–Kier alpha value is -2.93. The number of ether oxygens (including phenoxy) is 1. The molecule has 0 aliphatic carbocycles. The fourth-order valence-electron chi connectivity index (χ4n) is 3.73. The Morgan fingerprint density at radius 1 is 0.500 bits per heavy atom. The molecule has 0 amide bonds. The summed E-state index contributed by atoms with van der Waals surface area (Å²) in [6.07, 6.45) is 0. The quantitative estimate of drug-likeness (QED) is 0.484. The average Bonchev–Trinajstić information content (AvgIpc) is 2.77. The zero-order valence-corrected chi connectivity index (χ0v) is 16.7. The van der Waals surface area contributed by atoms with E-state index in [0.29, 0.717) is 0 Å². The van der Waals surface area contributed by atoms with E-state index >= 15 is 0 Å². The van der Waals surface area contributed by atoms with Gasteiger partial charge in [0.25, 0.3) is 0 Å². The SMILES string of the molecule is COc1ccccc1[P+](c1ccccc1)(c1ccccc1)c1ccccc1.[OH-]. The van der Waals surface area contributed by atoms with E-state index in [9.17, 15) is 0 Å². The van der Waals surface area contributed by atoms with Crippen LogP contribution in [0, 0.1) is 0 Å². The van der Waals surface area contributed by atoms with Crippen molar-refractivity contribution in [2.75, 3.05) is 7.11 Å². The first-order chi connectivity index (χ1) is 13.4. The van der Waals surface area contributed by atoms with Gasteiger partial charge in [-0.25, -0.2) is 0 Å². The smallest absolute Gasteiger partial charge is 0.162 e. The maximum absolute atomic E-state index is 5.84. The zero-order chi connectivity index (χ0) is 18.5. The van der Waals surface area contributed by atoms with Crippen molar-refractivity contribution in [3.63, 3.8) is 0 Å². The van der Waals surface area contributed by atoms with E-state index < -0.39 is 7.26 Å². The van der Waals surface area contributed by atoms with Crippen molar-refractivity contribution in [3.05, 3.63) is 115 Å². The molecule has 140 valence electrons. The van der Waals surface area contributed by atoms with Crippen LogP contribution in [0.2, 0.25) is 0 Å². The molecule has 0 aliphatic rings. The van der Waals surface area contributed by atoms with Crippen LogP contribution in [0.4, 0.5) is 0 Å². The van der Waals surface area contributed by atoms with Gasteiger partial charge in [-0.3, -0.25) is 0 Å². The van der Waals surface area contributed by atoms with Gasteiger partial charge in [0.2, 0.25) is 0 Å². The second-order valence-corrected chi connectivity index (χ2v) is 9.72. The molecule has 0 saturated carbocycles. The molecule has 4 aromatic carbocycles. The summed E-state index contributed by atoms with van der Waals surface area (Å²) in [6.45, 7) is 0. The molecule has 0 bridgehead atoms. The maximum atomic E-state index is 5.84. The molecule has 0 aromatic heterocycles. The standard InChI is InChI=1S/C25H22OP.H2O/c1-26-24-19-11-12-20-25(24)27(21-13-5-2-6-14-21,22-15-7-3-8-16-22)23-17-9-4-10-18-23;/h2-20H,1H3;1H2/q+1;/p-1. The van der Waals surface area contributed by atoms with Gasteiger partial charge >= 0.3 is 0 Å². The zero-order valence-electron chi connectivity index (χ0n) is 15.8. The Balaban J connectivity index is 0.00000225. The molecule has 2 nitrogen and oxygen atoms in total. The Morgan fingerprint density at radius 3 is 1.25 bits per heavy atom.